The molecule has 0 bridgehead atoms. The van der Waals surface area contributed by atoms with Crippen molar-refractivity contribution in [1.29, 1.82) is 0 Å². The van der Waals surface area contributed by atoms with Crippen LogP contribution >= 0.6 is 0 Å². The molecule has 0 aliphatic carbocycles. The molecular formula is C31H29FO4. The van der Waals surface area contributed by atoms with Crippen molar-refractivity contribution in [3.8, 4) is 23.0 Å². The van der Waals surface area contributed by atoms with E-state index in [0.29, 0.717) is 35.8 Å². The summed E-state index contributed by atoms with van der Waals surface area (Å²) in [6.45, 7) is 4.01. The van der Waals surface area contributed by atoms with Crippen LogP contribution in [0, 0.1) is 12.7 Å². The second-order valence-corrected chi connectivity index (χ2v) is 8.77. The Morgan fingerprint density at radius 3 is 2.25 bits per heavy atom. The average molecular weight is 485 g/mol. The van der Waals surface area contributed by atoms with Gasteiger partial charge in [0.15, 0.2) is 0 Å². The van der Waals surface area contributed by atoms with Gasteiger partial charge in [-0.25, -0.2) is 4.39 Å². The molecule has 4 aromatic rings. The molecule has 0 amide bonds. The van der Waals surface area contributed by atoms with Gasteiger partial charge in [0.2, 0.25) is 0 Å². The molecule has 0 aliphatic rings. The first-order chi connectivity index (χ1) is 17.4. The van der Waals surface area contributed by atoms with Crippen molar-refractivity contribution < 1.29 is 23.8 Å². The number of hydrogen-bond donors (Lipinski definition) is 1. The number of carboxylic acids is 1. The number of aliphatic carboxylic acids is 1. The standard InChI is InChI=1S/C31H29FO4/c1-3-22-9-13-30(25(16-22)17-23-7-5-4-6-8-23)36-29-19-26(32)18-28(20-29)35-27-12-10-24(21(2)15-27)11-14-31(33)34/h4-10,12-13,15-16,18-20H,3,11,14,17H2,1-2H3,(H,33,34). The van der Waals surface area contributed by atoms with Gasteiger partial charge >= 0.3 is 5.97 Å². The molecule has 0 atom stereocenters. The van der Waals surface area contributed by atoms with Crippen LogP contribution in [0.25, 0.3) is 0 Å². The minimum absolute atomic E-state index is 0.0666. The highest BCUT2D eigenvalue weighted by atomic mass is 19.1. The van der Waals surface area contributed by atoms with Crippen molar-refractivity contribution in [1.82, 2.24) is 0 Å². The summed E-state index contributed by atoms with van der Waals surface area (Å²) < 4.78 is 26.6. The molecule has 36 heavy (non-hydrogen) atoms. The number of benzene rings is 4. The van der Waals surface area contributed by atoms with Crippen LogP contribution < -0.4 is 9.47 Å². The van der Waals surface area contributed by atoms with Gasteiger partial charge in [0, 0.05) is 31.0 Å². The van der Waals surface area contributed by atoms with E-state index in [1.54, 1.807) is 12.1 Å². The summed E-state index contributed by atoms with van der Waals surface area (Å²) in [4.78, 5) is 10.9. The molecule has 5 heteroatoms. The first-order valence-electron chi connectivity index (χ1n) is 12.0. The third-order valence-electron chi connectivity index (χ3n) is 6.00. The summed E-state index contributed by atoms with van der Waals surface area (Å²) >= 11 is 0. The van der Waals surface area contributed by atoms with Crippen molar-refractivity contribution in [2.45, 2.75) is 39.5 Å². The summed E-state index contributed by atoms with van der Waals surface area (Å²) in [6.07, 6.45) is 2.13. The van der Waals surface area contributed by atoms with E-state index in [-0.39, 0.29) is 6.42 Å². The van der Waals surface area contributed by atoms with Crippen LogP contribution in [-0.4, -0.2) is 11.1 Å². The van der Waals surface area contributed by atoms with Crippen molar-refractivity contribution in [2.75, 3.05) is 0 Å². The second kappa shape index (κ2) is 11.5. The normalized spacial score (nSPS) is 10.8. The maximum absolute atomic E-state index is 14.5. The number of carbonyl (C=O) groups is 1. The van der Waals surface area contributed by atoms with E-state index in [0.717, 1.165) is 23.1 Å². The summed E-state index contributed by atoms with van der Waals surface area (Å²) in [6, 6.07) is 26.0. The molecule has 0 saturated heterocycles. The van der Waals surface area contributed by atoms with E-state index < -0.39 is 11.8 Å². The molecule has 4 aromatic carbocycles. The predicted molar refractivity (Wildman–Crippen MR) is 139 cm³/mol. The van der Waals surface area contributed by atoms with E-state index in [4.69, 9.17) is 14.6 Å². The molecule has 0 radical (unpaired) electrons. The lowest BCUT2D eigenvalue weighted by Gasteiger charge is -2.15. The number of ether oxygens (including phenoxy) is 2. The van der Waals surface area contributed by atoms with Crippen molar-refractivity contribution in [3.63, 3.8) is 0 Å². The zero-order chi connectivity index (χ0) is 25.5. The Hall–Kier alpha value is -4.12. The Balaban J connectivity index is 1.55. The van der Waals surface area contributed by atoms with Crippen LogP contribution in [0.5, 0.6) is 23.0 Å². The maximum atomic E-state index is 14.5. The molecule has 0 saturated carbocycles. The van der Waals surface area contributed by atoms with Crippen molar-refractivity contribution >= 4 is 5.97 Å². The largest absolute Gasteiger partial charge is 0.481 e. The van der Waals surface area contributed by atoms with Gasteiger partial charge in [0.25, 0.3) is 0 Å². The van der Waals surface area contributed by atoms with Gasteiger partial charge in [-0.05, 0) is 65.8 Å². The van der Waals surface area contributed by atoms with Crippen LogP contribution in [0.3, 0.4) is 0 Å². The van der Waals surface area contributed by atoms with Crippen LogP contribution in [0.2, 0.25) is 0 Å². The molecule has 0 aliphatic heterocycles. The molecule has 0 heterocycles. The molecule has 4 nitrogen and oxygen atoms in total. The fourth-order valence-corrected chi connectivity index (χ4v) is 4.08. The molecule has 0 aromatic heterocycles. The molecule has 0 spiro atoms. The second-order valence-electron chi connectivity index (χ2n) is 8.77. The Kier molecular flexibility index (Phi) is 8.01. The molecule has 0 fully saturated rings. The predicted octanol–water partition coefficient (Wildman–Crippen LogP) is 7.89. The summed E-state index contributed by atoms with van der Waals surface area (Å²) in [5.74, 6) is 0.577. The highest BCUT2D eigenvalue weighted by Crippen LogP contribution is 2.33. The van der Waals surface area contributed by atoms with Crippen molar-refractivity contribution in [3.05, 3.63) is 119 Å². The zero-order valence-corrected chi connectivity index (χ0v) is 20.5. The average Bonchev–Trinajstić information content (AvgIpc) is 2.85. The van der Waals surface area contributed by atoms with Gasteiger partial charge in [-0.3, -0.25) is 4.79 Å². The Bertz CT molecular complexity index is 1350. The van der Waals surface area contributed by atoms with Crippen LogP contribution in [0.1, 0.15) is 41.2 Å². The molecule has 0 unspecified atom stereocenters. The summed E-state index contributed by atoms with van der Waals surface area (Å²) in [5, 5.41) is 8.92. The number of aryl methyl sites for hydroxylation is 3. The lowest BCUT2D eigenvalue weighted by atomic mass is 10.0. The lowest BCUT2D eigenvalue weighted by Crippen LogP contribution is -1.99. The van der Waals surface area contributed by atoms with Crippen LogP contribution in [-0.2, 0) is 24.1 Å². The number of halogens is 1. The Morgan fingerprint density at radius 2 is 1.56 bits per heavy atom. The monoisotopic (exact) mass is 484 g/mol. The molecule has 1 N–H and O–H groups in total. The molecule has 4 rings (SSSR count). The van der Waals surface area contributed by atoms with E-state index >= 15 is 0 Å². The fourth-order valence-electron chi connectivity index (χ4n) is 4.08. The topological polar surface area (TPSA) is 55.8 Å². The first-order valence-corrected chi connectivity index (χ1v) is 12.0. The third-order valence-corrected chi connectivity index (χ3v) is 6.00. The minimum Gasteiger partial charge on any atom is -0.481 e. The van der Waals surface area contributed by atoms with Crippen LogP contribution in [0.15, 0.2) is 84.9 Å². The highest BCUT2D eigenvalue weighted by Gasteiger charge is 2.11. The maximum Gasteiger partial charge on any atom is 0.303 e. The van der Waals surface area contributed by atoms with Gasteiger partial charge in [-0.1, -0.05) is 55.5 Å². The van der Waals surface area contributed by atoms with Gasteiger partial charge in [0.05, 0.1) is 0 Å². The van der Waals surface area contributed by atoms with Gasteiger partial charge in [-0.2, -0.15) is 0 Å². The Labute approximate surface area is 211 Å². The van der Waals surface area contributed by atoms with Crippen molar-refractivity contribution in [2.24, 2.45) is 0 Å². The smallest absolute Gasteiger partial charge is 0.303 e. The number of hydrogen-bond acceptors (Lipinski definition) is 3. The van der Waals surface area contributed by atoms with E-state index in [1.165, 1.54) is 23.3 Å². The third kappa shape index (κ3) is 6.72. The minimum atomic E-state index is -0.835. The SMILES string of the molecule is CCc1ccc(Oc2cc(F)cc(Oc3ccc(CCC(=O)O)c(C)c3)c2)c(Cc2ccccc2)c1. The lowest BCUT2D eigenvalue weighted by molar-refractivity contribution is -0.136. The van der Waals surface area contributed by atoms with E-state index in [2.05, 4.69) is 25.1 Å². The van der Waals surface area contributed by atoms with E-state index in [1.807, 2.05) is 49.4 Å². The Morgan fingerprint density at radius 1 is 0.806 bits per heavy atom. The molecule has 184 valence electrons. The van der Waals surface area contributed by atoms with E-state index in [9.17, 15) is 9.18 Å². The molecular weight excluding hydrogens is 455 g/mol. The number of carboxylic acid groups (broad SMARTS) is 1. The van der Waals surface area contributed by atoms with Gasteiger partial charge < -0.3 is 14.6 Å². The van der Waals surface area contributed by atoms with Crippen LogP contribution in [0.4, 0.5) is 4.39 Å². The van der Waals surface area contributed by atoms with Gasteiger partial charge in [0.1, 0.15) is 28.8 Å². The van der Waals surface area contributed by atoms with Gasteiger partial charge in [-0.15, -0.1) is 0 Å². The zero-order valence-electron chi connectivity index (χ0n) is 20.5. The highest BCUT2D eigenvalue weighted by molar-refractivity contribution is 5.67. The summed E-state index contributed by atoms with van der Waals surface area (Å²) in [7, 11) is 0. The number of rotatable bonds is 10. The quantitative estimate of drug-likeness (QED) is 0.249. The summed E-state index contributed by atoms with van der Waals surface area (Å²) in [5.41, 5.74) is 5.26. The first kappa shape index (κ1) is 25.0. The fraction of sp³-hybridized carbons (Fsp3) is 0.194.